The van der Waals surface area contributed by atoms with E-state index in [2.05, 4.69) is 5.92 Å². The van der Waals surface area contributed by atoms with Crippen molar-refractivity contribution in [3.05, 3.63) is 47.5 Å². The van der Waals surface area contributed by atoms with E-state index in [-0.39, 0.29) is 13.1 Å². The van der Waals surface area contributed by atoms with Crippen LogP contribution in [0, 0.1) is 12.3 Å². The van der Waals surface area contributed by atoms with Crippen molar-refractivity contribution in [1.29, 1.82) is 0 Å². The predicted molar refractivity (Wildman–Crippen MR) is 83.7 cm³/mol. The van der Waals surface area contributed by atoms with Crippen molar-refractivity contribution in [2.45, 2.75) is 45.2 Å². The van der Waals surface area contributed by atoms with Crippen LogP contribution in [0.5, 0.6) is 0 Å². The molecular formula is C18H23FO. The molecular weight excluding hydrogens is 251 g/mol. The average Bonchev–Trinajstić information content (AvgIpc) is 2.73. The fraction of sp³-hybridized carbons (Fsp3) is 0.389. The number of alkyl halides is 1. The van der Waals surface area contributed by atoms with E-state index in [1.165, 1.54) is 0 Å². The minimum absolute atomic E-state index is 0. The molecule has 0 fully saturated rings. The molecule has 2 heteroatoms. The quantitative estimate of drug-likeness (QED) is 0.323. The number of ketones is 1. The third kappa shape index (κ3) is 4.06. The van der Waals surface area contributed by atoms with E-state index < -0.39 is 6.17 Å². The van der Waals surface area contributed by atoms with Gasteiger partial charge in [0.2, 0.25) is 5.78 Å². The largest absolute Gasteiger partial charge is 0.279 e. The van der Waals surface area contributed by atoms with Gasteiger partial charge in [0.1, 0.15) is 6.17 Å². The van der Waals surface area contributed by atoms with E-state index in [1.54, 1.807) is 12.1 Å². The van der Waals surface area contributed by atoms with Crippen LogP contribution in [0.2, 0.25) is 0 Å². The maximum atomic E-state index is 14.0. The molecule has 0 amide bonds. The smallest absolute Gasteiger partial charge is 0.235 e. The number of terminal acetylenes is 1. The van der Waals surface area contributed by atoms with Gasteiger partial charge in [-0.15, -0.1) is 6.42 Å². The van der Waals surface area contributed by atoms with Gasteiger partial charge in [-0.05, 0) is 30.7 Å². The zero-order chi connectivity index (χ0) is 15.0. The molecule has 1 aliphatic carbocycles. The van der Waals surface area contributed by atoms with E-state index in [0.29, 0.717) is 12.0 Å². The third-order valence-electron chi connectivity index (χ3n) is 3.34. The number of Topliss-reactive ketones (excluding diaryl/α,β-unsaturated/α-hetero) is 1. The fourth-order valence-corrected chi connectivity index (χ4v) is 2.31. The van der Waals surface area contributed by atoms with E-state index in [1.807, 2.05) is 38.1 Å². The van der Waals surface area contributed by atoms with Crippen LogP contribution in [0.15, 0.2) is 36.4 Å². The van der Waals surface area contributed by atoms with Crippen LogP contribution in [0.4, 0.5) is 4.39 Å². The van der Waals surface area contributed by atoms with Gasteiger partial charge in [-0.1, -0.05) is 50.3 Å². The highest BCUT2D eigenvalue weighted by Gasteiger charge is 2.23. The van der Waals surface area contributed by atoms with Crippen molar-refractivity contribution in [3.63, 3.8) is 0 Å². The van der Waals surface area contributed by atoms with Crippen LogP contribution < -0.4 is 0 Å². The van der Waals surface area contributed by atoms with Crippen LogP contribution in [-0.4, -0.2) is 12.0 Å². The molecule has 2 unspecified atom stereocenters. The van der Waals surface area contributed by atoms with Gasteiger partial charge in [-0.3, -0.25) is 4.79 Å². The Labute approximate surface area is 122 Å². The number of carbonyl (C=O) groups excluding carboxylic acids is 1. The second-order valence-electron chi connectivity index (χ2n) is 4.50. The lowest BCUT2D eigenvalue weighted by molar-refractivity contribution is 0.105. The summed E-state index contributed by atoms with van der Waals surface area (Å²) in [6.07, 6.45) is 10.3. The maximum absolute atomic E-state index is 14.0. The summed E-state index contributed by atoms with van der Waals surface area (Å²) in [7, 11) is 0. The first-order valence-electron chi connectivity index (χ1n) is 7.12. The maximum Gasteiger partial charge on any atom is 0.235 e. The van der Waals surface area contributed by atoms with Crippen LogP contribution >= 0.6 is 0 Å². The summed E-state index contributed by atoms with van der Waals surface area (Å²) in [6, 6.07) is 6.99. The van der Waals surface area contributed by atoms with Crippen molar-refractivity contribution >= 4 is 5.78 Å². The summed E-state index contributed by atoms with van der Waals surface area (Å²) in [5, 5.41) is 0. The second-order valence-corrected chi connectivity index (χ2v) is 4.50. The Morgan fingerprint density at radius 1 is 1.30 bits per heavy atom. The Hall–Kier alpha value is -1.88. The van der Waals surface area contributed by atoms with Crippen molar-refractivity contribution in [2.24, 2.45) is 0 Å². The van der Waals surface area contributed by atoms with Crippen LogP contribution in [0.25, 0.3) is 0 Å². The molecule has 0 radical (unpaired) electrons. The summed E-state index contributed by atoms with van der Waals surface area (Å²) in [4.78, 5) is 11.3. The minimum atomic E-state index is -0.849. The van der Waals surface area contributed by atoms with Crippen molar-refractivity contribution < 1.29 is 10.6 Å². The van der Waals surface area contributed by atoms with Crippen molar-refractivity contribution in [1.82, 2.24) is 0 Å². The topological polar surface area (TPSA) is 17.1 Å². The molecule has 0 spiro atoms. The Morgan fingerprint density at radius 2 is 1.95 bits per heavy atom. The molecule has 0 heterocycles. The molecule has 0 N–H and O–H groups in total. The van der Waals surface area contributed by atoms with E-state index in [9.17, 15) is 9.18 Å². The Bertz CT molecular complexity index is 499. The summed E-state index contributed by atoms with van der Waals surface area (Å²) in [6.45, 7) is 4.00. The van der Waals surface area contributed by atoms with Gasteiger partial charge >= 0.3 is 0 Å². The molecule has 0 aliphatic heterocycles. The van der Waals surface area contributed by atoms with Crippen molar-refractivity contribution in [3.8, 4) is 12.3 Å². The van der Waals surface area contributed by atoms with Gasteiger partial charge in [-0.2, -0.15) is 0 Å². The van der Waals surface area contributed by atoms with Crippen molar-refractivity contribution in [2.75, 3.05) is 0 Å². The number of carbonyl (C=O) groups is 1. The van der Waals surface area contributed by atoms with Gasteiger partial charge in [-0.25, -0.2) is 4.39 Å². The van der Waals surface area contributed by atoms with E-state index in [0.717, 1.165) is 18.4 Å². The molecule has 1 aromatic carbocycles. The zero-order valence-corrected chi connectivity index (χ0v) is 12.1. The van der Waals surface area contributed by atoms with E-state index in [4.69, 9.17) is 6.42 Å². The number of allylic oxidation sites excluding steroid dienone is 2. The lowest BCUT2D eigenvalue weighted by Crippen LogP contribution is -2.12. The number of benzene rings is 1. The first-order chi connectivity index (χ1) is 9.72. The number of halogens is 1. The van der Waals surface area contributed by atoms with Gasteiger partial charge in [0.25, 0.3) is 0 Å². The molecule has 0 bridgehead atoms. The first-order valence-corrected chi connectivity index (χ1v) is 7.12. The molecule has 0 saturated heterocycles. The Morgan fingerprint density at radius 3 is 2.55 bits per heavy atom. The highest BCUT2D eigenvalue weighted by atomic mass is 19.1. The molecule has 1 aliphatic rings. The summed E-state index contributed by atoms with van der Waals surface area (Å²) in [5.74, 6) is 1.66. The SMILES string of the molecule is C#CC(=O)c1ccc(C2CCC=CCC2F)cc1.CC.[HH]. The highest BCUT2D eigenvalue weighted by molar-refractivity contribution is 6.08. The lowest BCUT2D eigenvalue weighted by atomic mass is 9.89. The number of hydrogen-bond donors (Lipinski definition) is 0. The molecule has 0 aromatic heterocycles. The second kappa shape index (κ2) is 8.32. The van der Waals surface area contributed by atoms with Crippen LogP contribution in [0.1, 0.15) is 56.4 Å². The molecule has 20 heavy (non-hydrogen) atoms. The molecule has 1 aromatic rings. The minimum Gasteiger partial charge on any atom is -0.279 e. The highest BCUT2D eigenvalue weighted by Crippen LogP contribution is 2.31. The van der Waals surface area contributed by atoms with E-state index >= 15 is 0 Å². The van der Waals surface area contributed by atoms with Gasteiger partial charge in [0.15, 0.2) is 0 Å². The standard InChI is InChI=1S/C16H15FO.C2H6.H2/c1-2-16(18)13-10-8-12(9-11-13)14-6-4-3-5-7-15(14)17;1-2;/h1,3,5,8-11,14-15H,4,6-7H2;1-2H3;1H. The number of hydrogen-bond acceptors (Lipinski definition) is 1. The fourth-order valence-electron chi connectivity index (χ4n) is 2.31. The van der Waals surface area contributed by atoms with Gasteiger partial charge in [0, 0.05) is 12.9 Å². The summed E-state index contributed by atoms with van der Waals surface area (Å²) >= 11 is 0. The summed E-state index contributed by atoms with van der Waals surface area (Å²) in [5.41, 5.74) is 1.43. The number of rotatable bonds is 2. The first kappa shape index (κ1) is 16.2. The van der Waals surface area contributed by atoms with Gasteiger partial charge < -0.3 is 0 Å². The molecule has 2 atom stereocenters. The Balaban J connectivity index is 0.00000128. The van der Waals surface area contributed by atoms with Crippen LogP contribution in [-0.2, 0) is 0 Å². The third-order valence-corrected chi connectivity index (χ3v) is 3.34. The summed E-state index contributed by atoms with van der Waals surface area (Å²) < 4.78 is 14.0. The molecule has 2 rings (SSSR count). The monoisotopic (exact) mass is 274 g/mol. The molecule has 0 saturated carbocycles. The predicted octanol–water partition coefficient (Wildman–Crippen LogP) is 4.94. The molecule has 108 valence electrons. The average molecular weight is 274 g/mol. The normalized spacial score (nSPS) is 21.1. The zero-order valence-electron chi connectivity index (χ0n) is 12.1. The van der Waals surface area contributed by atoms with Crippen LogP contribution in [0.3, 0.4) is 0 Å². The van der Waals surface area contributed by atoms with Gasteiger partial charge in [0.05, 0.1) is 0 Å². The Kier molecular flexibility index (Phi) is 6.73. The molecule has 1 nitrogen and oxygen atoms in total. The lowest BCUT2D eigenvalue weighted by Gasteiger charge is -2.18.